The van der Waals surface area contributed by atoms with E-state index in [4.69, 9.17) is 0 Å². The first-order chi connectivity index (χ1) is 13.5. The third kappa shape index (κ3) is 4.85. The van der Waals surface area contributed by atoms with Gasteiger partial charge in [-0.05, 0) is 24.3 Å². The van der Waals surface area contributed by atoms with E-state index < -0.39 is 11.8 Å². The van der Waals surface area contributed by atoms with Crippen molar-refractivity contribution in [3.63, 3.8) is 0 Å². The number of halogens is 1. The van der Waals surface area contributed by atoms with Gasteiger partial charge in [-0.15, -0.1) is 0 Å². The molecule has 28 heavy (non-hydrogen) atoms. The van der Waals surface area contributed by atoms with E-state index in [1.807, 2.05) is 4.90 Å². The molecular weight excluding hydrogens is 363 g/mol. The van der Waals surface area contributed by atoms with Crippen LogP contribution in [-0.2, 0) is 14.4 Å². The third-order valence-electron chi connectivity index (χ3n) is 4.46. The van der Waals surface area contributed by atoms with Gasteiger partial charge in [0.2, 0.25) is 5.91 Å². The van der Waals surface area contributed by atoms with Crippen molar-refractivity contribution in [2.24, 2.45) is 0 Å². The number of benzene rings is 2. The smallest absolute Gasteiger partial charge is 0.313 e. The van der Waals surface area contributed by atoms with Gasteiger partial charge in [-0.1, -0.05) is 30.3 Å². The SMILES string of the molecule is O=C(NCC(=O)N1CCN(c2ccccc2F)CC1)C(=O)Nc1ccccc1. The normalized spacial score (nSPS) is 13.8. The quantitative estimate of drug-likeness (QED) is 0.777. The molecular formula is C20H21FN4O3. The molecule has 0 bridgehead atoms. The Morgan fingerprint density at radius 2 is 1.50 bits per heavy atom. The highest BCUT2D eigenvalue weighted by atomic mass is 19.1. The molecule has 0 atom stereocenters. The van der Waals surface area contributed by atoms with Gasteiger partial charge in [-0.2, -0.15) is 0 Å². The van der Waals surface area contributed by atoms with E-state index in [1.165, 1.54) is 6.07 Å². The number of carbonyl (C=O) groups is 3. The summed E-state index contributed by atoms with van der Waals surface area (Å²) in [5.41, 5.74) is 1.01. The Kier molecular flexibility index (Phi) is 6.21. The molecule has 0 aliphatic carbocycles. The Morgan fingerprint density at radius 1 is 0.857 bits per heavy atom. The van der Waals surface area contributed by atoms with Crippen LogP contribution in [-0.4, -0.2) is 55.3 Å². The van der Waals surface area contributed by atoms with Crippen LogP contribution >= 0.6 is 0 Å². The lowest BCUT2D eigenvalue weighted by Crippen LogP contribution is -2.52. The van der Waals surface area contributed by atoms with Gasteiger partial charge in [0, 0.05) is 31.9 Å². The number of piperazine rings is 1. The average Bonchev–Trinajstić information content (AvgIpc) is 2.73. The zero-order chi connectivity index (χ0) is 19.9. The largest absolute Gasteiger partial charge is 0.366 e. The summed E-state index contributed by atoms with van der Waals surface area (Å²) in [6, 6.07) is 15.1. The molecule has 0 aromatic heterocycles. The molecule has 2 N–H and O–H groups in total. The second-order valence-corrected chi connectivity index (χ2v) is 6.32. The average molecular weight is 384 g/mol. The molecule has 1 saturated heterocycles. The zero-order valence-electron chi connectivity index (χ0n) is 15.2. The van der Waals surface area contributed by atoms with Gasteiger partial charge >= 0.3 is 11.8 Å². The molecule has 3 rings (SSSR count). The molecule has 2 aromatic rings. The van der Waals surface area contributed by atoms with Crippen molar-refractivity contribution in [3.8, 4) is 0 Å². The lowest BCUT2D eigenvalue weighted by Gasteiger charge is -2.36. The molecule has 0 spiro atoms. The predicted octanol–water partition coefficient (Wildman–Crippen LogP) is 1.23. The fraction of sp³-hybridized carbons (Fsp3) is 0.250. The molecule has 2 aromatic carbocycles. The van der Waals surface area contributed by atoms with Crippen molar-refractivity contribution in [3.05, 3.63) is 60.4 Å². The van der Waals surface area contributed by atoms with Crippen LogP contribution in [0, 0.1) is 5.82 Å². The molecule has 7 nitrogen and oxygen atoms in total. The zero-order valence-corrected chi connectivity index (χ0v) is 15.2. The van der Waals surface area contributed by atoms with Gasteiger partial charge < -0.3 is 20.4 Å². The van der Waals surface area contributed by atoms with Crippen molar-refractivity contribution in [1.29, 1.82) is 0 Å². The standard InChI is InChI=1S/C20H21FN4O3/c21-16-8-4-5-9-17(16)24-10-12-25(13-11-24)18(26)14-22-19(27)20(28)23-15-6-2-1-3-7-15/h1-9H,10-14H2,(H,22,27)(H,23,28). The first kappa shape index (κ1) is 19.3. The number of nitrogens with zero attached hydrogens (tertiary/aromatic N) is 2. The van der Waals surface area contributed by atoms with Crippen LogP contribution in [0.3, 0.4) is 0 Å². The van der Waals surface area contributed by atoms with Crippen molar-refractivity contribution in [2.45, 2.75) is 0 Å². The second-order valence-electron chi connectivity index (χ2n) is 6.32. The first-order valence-corrected chi connectivity index (χ1v) is 8.96. The van der Waals surface area contributed by atoms with E-state index in [0.29, 0.717) is 37.6 Å². The summed E-state index contributed by atoms with van der Waals surface area (Å²) in [6.07, 6.45) is 0. The van der Waals surface area contributed by atoms with Crippen molar-refractivity contribution >= 4 is 29.1 Å². The van der Waals surface area contributed by atoms with Crippen LogP contribution in [0.25, 0.3) is 0 Å². The summed E-state index contributed by atoms with van der Waals surface area (Å²) in [7, 11) is 0. The Morgan fingerprint density at radius 3 is 2.18 bits per heavy atom. The van der Waals surface area contributed by atoms with Gasteiger partial charge in [-0.3, -0.25) is 14.4 Å². The molecule has 8 heteroatoms. The number of anilines is 2. The summed E-state index contributed by atoms with van der Waals surface area (Å²) < 4.78 is 13.9. The van der Waals surface area contributed by atoms with Crippen LogP contribution in [0.15, 0.2) is 54.6 Å². The van der Waals surface area contributed by atoms with Crippen molar-refractivity contribution in [1.82, 2.24) is 10.2 Å². The molecule has 1 aliphatic heterocycles. The molecule has 146 valence electrons. The number of hydrogen-bond acceptors (Lipinski definition) is 4. The highest BCUT2D eigenvalue weighted by Gasteiger charge is 2.23. The summed E-state index contributed by atoms with van der Waals surface area (Å²) in [6.45, 7) is 1.56. The van der Waals surface area contributed by atoms with Gasteiger partial charge in [0.1, 0.15) is 5.82 Å². The fourth-order valence-electron chi connectivity index (χ4n) is 2.96. The van der Waals surface area contributed by atoms with Crippen LogP contribution in [0.4, 0.5) is 15.8 Å². The minimum Gasteiger partial charge on any atom is -0.366 e. The number of para-hydroxylation sites is 2. The summed E-state index contributed by atoms with van der Waals surface area (Å²) in [4.78, 5) is 39.5. The molecule has 0 unspecified atom stereocenters. The highest BCUT2D eigenvalue weighted by molar-refractivity contribution is 6.39. The highest BCUT2D eigenvalue weighted by Crippen LogP contribution is 2.20. The van der Waals surface area contributed by atoms with Crippen LogP contribution < -0.4 is 15.5 Å². The molecule has 1 fully saturated rings. The Balaban J connectivity index is 1.44. The number of amides is 3. The lowest BCUT2D eigenvalue weighted by molar-refractivity contribution is -0.138. The number of hydrogen-bond donors (Lipinski definition) is 2. The number of nitrogens with one attached hydrogen (secondary N) is 2. The lowest BCUT2D eigenvalue weighted by atomic mass is 10.2. The molecule has 1 aliphatic rings. The van der Waals surface area contributed by atoms with E-state index in [0.717, 1.165) is 0 Å². The minimum absolute atomic E-state index is 0.263. The van der Waals surface area contributed by atoms with Gasteiger partial charge in [0.15, 0.2) is 0 Å². The molecule has 0 radical (unpaired) electrons. The molecule has 0 saturated carbocycles. The summed E-state index contributed by atoms with van der Waals surface area (Å²) in [5.74, 6) is -2.28. The predicted molar refractivity (Wildman–Crippen MR) is 103 cm³/mol. The Bertz CT molecular complexity index is 852. The van der Waals surface area contributed by atoms with Gasteiger partial charge in [-0.25, -0.2) is 4.39 Å². The van der Waals surface area contributed by atoms with Crippen LogP contribution in [0.1, 0.15) is 0 Å². The maximum absolute atomic E-state index is 13.9. The van der Waals surface area contributed by atoms with E-state index >= 15 is 0 Å². The Hall–Kier alpha value is -3.42. The third-order valence-corrected chi connectivity index (χ3v) is 4.46. The number of rotatable bonds is 4. The monoisotopic (exact) mass is 384 g/mol. The fourth-order valence-corrected chi connectivity index (χ4v) is 2.96. The van der Waals surface area contributed by atoms with E-state index in [9.17, 15) is 18.8 Å². The van der Waals surface area contributed by atoms with E-state index in [1.54, 1.807) is 53.4 Å². The number of carbonyl (C=O) groups excluding carboxylic acids is 3. The minimum atomic E-state index is -0.873. The molecule has 3 amide bonds. The van der Waals surface area contributed by atoms with Crippen molar-refractivity contribution in [2.75, 3.05) is 42.9 Å². The second kappa shape index (κ2) is 8.98. The molecule has 1 heterocycles. The topological polar surface area (TPSA) is 81.8 Å². The van der Waals surface area contributed by atoms with Gasteiger partial charge in [0.05, 0.1) is 12.2 Å². The van der Waals surface area contributed by atoms with Crippen LogP contribution in [0.2, 0.25) is 0 Å². The van der Waals surface area contributed by atoms with Crippen molar-refractivity contribution < 1.29 is 18.8 Å². The van der Waals surface area contributed by atoms with Crippen LogP contribution in [0.5, 0.6) is 0 Å². The summed E-state index contributed by atoms with van der Waals surface area (Å²) in [5, 5.41) is 4.79. The first-order valence-electron chi connectivity index (χ1n) is 8.96. The Labute approximate surface area is 162 Å². The van der Waals surface area contributed by atoms with E-state index in [2.05, 4.69) is 10.6 Å². The van der Waals surface area contributed by atoms with E-state index in [-0.39, 0.29) is 18.3 Å². The van der Waals surface area contributed by atoms with Gasteiger partial charge in [0.25, 0.3) is 0 Å². The maximum atomic E-state index is 13.9. The summed E-state index contributed by atoms with van der Waals surface area (Å²) >= 11 is 0. The maximum Gasteiger partial charge on any atom is 0.313 e.